The van der Waals surface area contributed by atoms with Gasteiger partial charge in [-0.15, -0.1) is 0 Å². The Morgan fingerprint density at radius 2 is 2.09 bits per heavy atom. The van der Waals surface area contributed by atoms with Gasteiger partial charge in [0.05, 0.1) is 19.2 Å². The largest absolute Gasteiger partial charge is 0.464 e. The lowest BCUT2D eigenvalue weighted by molar-refractivity contribution is -0.119. The minimum Gasteiger partial charge on any atom is -0.464 e. The number of carbonyl (C=O) groups is 2. The van der Waals surface area contributed by atoms with Crippen LogP contribution in [0.3, 0.4) is 0 Å². The van der Waals surface area contributed by atoms with Gasteiger partial charge in [-0.25, -0.2) is 9.78 Å². The summed E-state index contributed by atoms with van der Waals surface area (Å²) in [5.41, 5.74) is 1.50. The summed E-state index contributed by atoms with van der Waals surface area (Å²) in [5.74, 6) is -0.625. The quantitative estimate of drug-likeness (QED) is 0.754. The third-order valence-electron chi connectivity index (χ3n) is 3.18. The molecular formula is C16H18BrN3O3. The topological polar surface area (TPSA) is 80.3 Å². The molecule has 1 amide bonds. The van der Waals surface area contributed by atoms with E-state index in [4.69, 9.17) is 4.74 Å². The summed E-state index contributed by atoms with van der Waals surface area (Å²) in [5, 5.41) is 6.67. The van der Waals surface area contributed by atoms with E-state index in [1.54, 1.807) is 12.1 Å². The number of nitrogens with one attached hydrogen (secondary N) is 2. The van der Waals surface area contributed by atoms with Crippen molar-refractivity contribution in [1.82, 2.24) is 10.3 Å². The third-order valence-corrected chi connectivity index (χ3v) is 3.67. The smallest absolute Gasteiger partial charge is 0.356 e. The molecule has 0 saturated carbocycles. The molecule has 2 aromatic rings. The fraction of sp³-hybridized carbons (Fsp3) is 0.312. The molecule has 2 rings (SSSR count). The first-order valence-corrected chi connectivity index (χ1v) is 8.03. The predicted octanol–water partition coefficient (Wildman–Crippen LogP) is 2.72. The average Bonchev–Trinajstić information content (AvgIpc) is 2.56. The van der Waals surface area contributed by atoms with E-state index in [0.717, 1.165) is 16.3 Å². The summed E-state index contributed by atoms with van der Waals surface area (Å²) >= 11 is 3.42. The first-order chi connectivity index (χ1) is 11.0. The molecule has 0 aliphatic carbocycles. The lowest BCUT2D eigenvalue weighted by Gasteiger charge is -2.12. The van der Waals surface area contributed by atoms with Crippen molar-refractivity contribution in [3.05, 3.63) is 34.4 Å². The van der Waals surface area contributed by atoms with Crippen molar-refractivity contribution in [2.45, 2.75) is 13.3 Å². The summed E-state index contributed by atoms with van der Waals surface area (Å²) in [7, 11) is 1.31. The summed E-state index contributed by atoms with van der Waals surface area (Å²) in [4.78, 5) is 27.8. The standard InChI is InChI=1S/C16H18BrN3O3/c1-3-6-18-15(21)9-19-13-8-14(16(22)23-2)20-12-5-4-10(17)7-11(12)13/h4-5,7-8H,3,6,9H2,1-2H3,(H,18,21)(H,19,20). The van der Waals surface area contributed by atoms with Gasteiger partial charge in [-0.2, -0.15) is 0 Å². The van der Waals surface area contributed by atoms with Gasteiger partial charge >= 0.3 is 5.97 Å². The zero-order chi connectivity index (χ0) is 16.8. The van der Waals surface area contributed by atoms with Crippen LogP contribution in [0.5, 0.6) is 0 Å². The number of rotatable bonds is 6. The minimum atomic E-state index is -0.520. The van der Waals surface area contributed by atoms with Gasteiger partial charge in [-0.05, 0) is 30.7 Å². The van der Waals surface area contributed by atoms with Gasteiger partial charge < -0.3 is 15.4 Å². The molecule has 1 heterocycles. The molecule has 7 heteroatoms. The normalized spacial score (nSPS) is 10.4. The summed E-state index contributed by atoms with van der Waals surface area (Å²) in [6.07, 6.45) is 0.878. The number of aromatic nitrogens is 1. The van der Waals surface area contributed by atoms with E-state index in [9.17, 15) is 9.59 Å². The van der Waals surface area contributed by atoms with Crippen LogP contribution >= 0.6 is 15.9 Å². The molecule has 0 fully saturated rings. The van der Waals surface area contributed by atoms with Crippen molar-refractivity contribution >= 4 is 44.4 Å². The first kappa shape index (κ1) is 17.2. The summed E-state index contributed by atoms with van der Waals surface area (Å²) in [6.45, 7) is 2.74. The number of anilines is 1. The number of fused-ring (bicyclic) bond motifs is 1. The van der Waals surface area contributed by atoms with E-state index in [2.05, 4.69) is 31.5 Å². The maximum Gasteiger partial charge on any atom is 0.356 e. The number of benzene rings is 1. The highest BCUT2D eigenvalue weighted by Gasteiger charge is 2.13. The second kappa shape index (κ2) is 7.92. The molecule has 23 heavy (non-hydrogen) atoms. The van der Waals surface area contributed by atoms with Crippen LogP contribution in [0.2, 0.25) is 0 Å². The van der Waals surface area contributed by atoms with Crippen molar-refractivity contribution in [2.24, 2.45) is 0 Å². The summed E-state index contributed by atoms with van der Waals surface area (Å²) in [6, 6.07) is 7.12. The van der Waals surface area contributed by atoms with Crippen LogP contribution in [-0.2, 0) is 9.53 Å². The highest BCUT2D eigenvalue weighted by molar-refractivity contribution is 9.10. The zero-order valence-corrected chi connectivity index (χ0v) is 14.6. The van der Waals surface area contributed by atoms with Crippen LogP contribution in [-0.4, -0.2) is 37.1 Å². The lowest BCUT2D eigenvalue weighted by atomic mass is 10.1. The van der Waals surface area contributed by atoms with Crippen molar-refractivity contribution in [3.8, 4) is 0 Å². The molecule has 0 radical (unpaired) electrons. The van der Waals surface area contributed by atoms with Crippen LogP contribution in [0.1, 0.15) is 23.8 Å². The van der Waals surface area contributed by atoms with Crippen molar-refractivity contribution < 1.29 is 14.3 Å². The van der Waals surface area contributed by atoms with Gasteiger partial charge in [0, 0.05) is 22.1 Å². The number of amides is 1. The number of methoxy groups -OCH3 is 1. The third kappa shape index (κ3) is 4.41. The molecule has 0 aliphatic rings. The number of ether oxygens (including phenoxy) is 1. The molecule has 6 nitrogen and oxygen atoms in total. The first-order valence-electron chi connectivity index (χ1n) is 7.24. The van der Waals surface area contributed by atoms with E-state index in [-0.39, 0.29) is 18.1 Å². The van der Waals surface area contributed by atoms with Crippen molar-refractivity contribution in [3.63, 3.8) is 0 Å². The number of hydrogen-bond donors (Lipinski definition) is 2. The van der Waals surface area contributed by atoms with Gasteiger partial charge in [0.25, 0.3) is 0 Å². The van der Waals surface area contributed by atoms with E-state index in [0.29, 0.717) is 17.7 Å². The highest BCUT2D eigenvalue weighted by atomic mass is 79.9. The number of pyridine rings is 1. The number of nitrogens with zero attached hydrogens (tertiary/aromatic N) is 1. The second-order valence-corrected chi connectivity index (χ2v) is 5.83. The van der Waals surface area contributed by atoms with Crippen LogP contribution in [0, 0.1) is 0 Å². The Kier molecular flexibility index (Phi) is 5.92. The van der Waals surface area contributed by atoms with E-state index < -0.39 is 5.97 Å². The molecule has 1 aromatic carbocycles. The van der Waals surface area contributed by atoms with Crippen molar-refractivity contribution in [2.75, 3.05) is 25.5 Å². The number of halogens is 1. The van der Waals surface area contributed by atoms with Gasteiger partial charge in [-0.1, -0.05) is 22.9 Å². The Bertz CT molecular complexity index is 734. The molecule has 0 atom stereocenters. The van der Waals surface area contributed by atoms with Crippen LogP contribution in [0.25, 0.3) is 10.9 Å². The number of esters is 1. The molecule has 2 N–H and O–H groups in total. The number of carbonyl (C=O) groups excluding carboxylic acids is 2. The predicted molar refractivity (Wildman–Crippen MR) is 92.6 cm³/mol. The monoisotopic (exact) mass is 379 g/mol. The Hall–Kier alpha value is -2.15. The Balaban J connectivity index is 2.33. The maximum atomic E-state index is 11.8. The van der Waals surface area contributed by atoms with Crippen molar-refractivity contribution in [1.29, 1.82) is 0 Å². The molecule has 0 aliphatic heterocycles. The van der Waals surface area contributed by atoms with E-state index in [1.807, 2.05) is 19.1 Å². The second-order valence-electron chi connectivity index (χ2n) is 4.91. The van der Waals surface area contributed by atoms with Crippen LogP contribution in [0.4, 0.5) is 5.69 Å². The SMILES string of the molecule is CCCNC(=O)CNc1cc(C(=O)OC)nc2ccc(Br)cc12. The van der Waals surface area contributed by atoms with Gasteiger partial charge in [0.2, 0.25) is 5.91 Å². The number of hydrogen-bond acceptors (Lipinski definition) is 5. The zero-order valence-electron chi connectivity index (χ0n) is 13.0. The molecule has 1 aromatic heterocycles. The maximum absolute atomic E-state index is 11.8. The average molecular weight is 380 g/mol. The highest BCUT2D eigenvalue weighted by Crippen LogP contribution is 2.26. The molecule has 0 saturated heterocycles. The fourth-order valence-electron chi connectivity index (χ4n) is 2.06. The summed E-state index contributed by atoms with van der Waals surface area (Å²) < 4.78 is 5.61. The molecule has 0 spiro atoms. The molecular weight excluding hydrogens is 362 g/mol. The molecule has 122 valence electrons. The van der Waals surface area contributed by atoms with E-state index in [1.165, 1.54) is 7.11 Å². The van der Waals surface area contributed by atoms with Gasteiger partial charge in [0.15, 0.2) is 5.69 Å². The van der Waals surface area contributed by atoms with Gasteiger partial charge in [-0.3, -0.25) is 4.79 Å². The minimum absolute atomic E-state index is 0.105. The Labute approximate surface area is 142 Å². The van der Waals surface area contributed by atoms with E-state index >= 15 is 0 Å². The lowest BCUT2D eigenvalue weighted by Crippen LogP contribution is -2.30. The fourth-order valence-corrected chi connectivity index (χ4v) is 2.42. The van der Waals surface area contributed by atoms with Gasteiger partial charge in [0.1, 0.15) is 0 Å². The molecule has 0 bridgehead atoms. The molecule has 0 unspecified atom stereocenters. The Morgan fingerprint density at radius 1 is 1.30 bits per heavy atom. The Morgan fingerprint density at radius 3 is 2.78 bits per heavy atom. The van der Waals surface area contributed by atoms with Crippen LogP contribution in [0.15, 0.2) is 28.7 Å². The van der Waals surface area contributed by atoms with Crippen LogP contribution < -0.4 is 10.6 Å².